The zero-order chi connectivity index (χ0) is 11.6. The van der Waals surface area contributed by atoms with Crippen LogP contribution in [-0.2, 0) is 0 Å². The van der Waals surface area contributed by atoms with E-state index in [0.717, 1.165) is 6.54 Å². The molecule has 0 fully saturated rings. The van der Waals surface area contributed by atoms with Gasteiger partial charge in [0, 0.05) is 0 Å². The molecule has 0 radical (unpaired) electrons. The lowest BCUT2D eigenvalue weighted by Gasteiger charge is -2.09. The van der Waals surface area contributed by atoms with Crippen molar-refractivity contribution < 1.29 is 0 Å². The minimum Gasteiger partial charge on any atom is -0.320 e. The van der Waals surface area contributed by atoms with E-state index in [4.69, 9.17) is 0 Å². The summed E-state index contributed by atoms with van der Waals surface area (Å²) in [4.78, 5) is 0. The molecule has 1 rings (SSSR count). The first-order valence-electron chi connectivity index (χ1n) is 5.87. The van der Waals surface area contributed by atoms with Gasteiger partial charge in [-0.25, -0.2) is 0 Å². The fourth-order valence-electron chi connectivity index (χ4n) is 1.57. The number of hydrogen-bond donors (Lipinski definition) is 1. The van der Waals surface area contributed by atoms with Crippen molar-refractivity contribution in [3.05, 3.63) is 60.2 Å². The topological polar surface area (TPSA) is 12.0 Å². The Labute approximate surface area is 98.8 Å². The highest BCUT2D eigenvalue weighted by Gasteiger charge is 2.01. The Morgan fingerprint density at radius 1 is 0.938 bits per heavy atom. The van der Waals surface area contributed by atoms with Gasteiger partial charge in [-0.05, 0) is 31.5 Å². The fourth-order valence-corrected chi connectivity index (χ4v) is 1.57. The predicted octanol–water partition coefficient (Wildman–Crippen LogP) is 3.52. The highest BCUT2D eigenvalue weighted by molar-refractivity contribution is 5.16. The summed E-state index contributed by atoms with van der Waals surface area (Å²) < 4.78 is 0. The molecule has 0 spiro atoms. The largest absolute Gasteiger partial charge is 0.320 e. The predicted molar refractivity (Wildman–Crippen MR) is 71.0 cm³/mol. The summed E-state index contributed by atoms with van der Waals surface area (Å²) in [5.41, 5.74) is 1.38. The summed E-state index contributed by atoms with van der Waals surface area (Å²) in [6.07, 6.45) is 1.17. The van der Waals surface area contributed by atoms with Crippen LogP contribution in [-0.4, -0.2) is 13.6 Å². The monoisotopic (exact) mass is 215 g/mol. The van der Waals surface area contributed by atoms with Crippen molar-refractivity contribution in [1.29, 1.82) is 0 Å². The third-order valence-electron chi connectivity index (χ3n) is 2.64. The van der Waals surface area contributed by atoms with Gasteiger partial charge in [-0.15, -0.1) is 0 Å². The van der Waals surface area contributed by atoms with E-state index in [0.29, 0.717) is 5.92 Å². The molecule has 86 valence electrons. The molecule has 1 aromatic rings. The van der Waals surface area contributed by atoms with Gasteiger partial charge < -0.3 is 5.32 Å². The Bertz CT molecular complexity index is 320. The summed E-state index contributed by atoms with van der Waals surface area (Å²) in [7, 11) is 2.00. The van der Waals surface area contributed by atoms with Gasteiger partial charge in [0.25, 0.3) is 0 Å². The molecular formula is C15H21N. The zero-order valence-corrected chi connectivity index (χ0v) is 10.2. The molecule has 0 saturated carbocycles. The first kappa shape index (κ1) is 12.7. The zero-order valence-electron chi connectivity index (χ0n) is 10.2. The van der Waals surface area contributed by atoms with Gasteiger partial charge in [0.15, 0.2) is 0 Å². The number of hydrogen-bond acceptors (Lipinski definition) is 1. The molecule has 1 aromatic carbocycles. The van der Waals surface area contributed by atoms with Gasteiger partial charge in [0.1, 0.15) is 0 Å². The molecule has 0 heterocycles. The lowest BCUT2D eigenvalue weighted by Crippen LogP contribution is -2.10. The van der Waals surface area contributed by atoms with Gasteiger partial charge in [0.05, 0.1) is 0 Å². The van der Waals surface area contributed by atoms with Crippen molar-refractivity contribution in [1.82, 2.24) is 5.32 Å². The molecule has 0 bridgehead atoms. The Morgan fingerprint density at radius 2 is 1.44 bits per heavy atom. The maximum absolute atomic E-state index is 3.19. The van der Waals surface area contributed by atoms with Gasteiger partial charge in [-0.3, -0.25) is 0 Å². The lowest BCUT2D eigenvalue weighted by molar-refractivity contribution is 0.637. The number of nitrogens with one attached hydrogen (secondary N) is 1. The molecule has 0 aliphatic rings. The van der Waals surface area contributed by atoms with Crippen LogP contribution in [0.25, 0.3) is 0 Å². The van der Waals surface area contributed by atoms with E-state index >= 15 is 0 Å². The third kappa shape index (κ3) is 4.94. The molecular weight excluding hydrogens is 194 g/mol. The standard InChI is InChI=1S/C15H21N/c1-14(12-13-16-2)15-10-8-6-4-3-5-7-9-11-15/h3-11,14,16H,12-13H2,1-2H3. The van der Waals surface area contributed by atoms with E-state index in [9.17, 15) is 0 Å². The highest BCUT2D eigenvalue weighted by atomic mass is 14.8. The highest BCUT2D eigenvalue weighted by Crippen LogP contribution is 2.16. The van der Waals surface area contributed by atoms with Crippen LogP contribution < -0.4 is 5.32 Å². The second kappa shape index (κ2) is 7.89. The summed E-state index contributed by atoms with van der Waals surface area (Å²) in [6.45, 7) is 3.33. The quantitative estimate of drug-likeness (QED) is 0.810. The Balaban J connectivity index is 2.86. The van der Waals surface area contributed by atoms with Crippen LogP contribution in [0.4, 0.5) is 0 Å². The second-order valence-corrected chi connectivity index (χ2v) is 3.97. The van der Waals surface area contributed by atoms with E-state index in [-0.39, 0.29) is 0 Å². The van der Waals surface area contributed by atoms with Crippen molar-refractivity contribution in [3.8, 4) is 0 Å². The Morgan fingerprint density at radius 3 is 1.94 bits per heavy atom. The van der Waals surface area contributed by atoms with E-state index in [1.807, 2.05) is 25.2 Å². The molecule has 1 atom stereocenters. The third-order valence-corrected chi connectivity index (χ3v) is 2.64. The molecule has 1 N–H and O–H groups in total. The smallest absolute Gasteiger partial charge is 0.00462 e. The molecule has 0 aliphatic heterocycles. The summed E-state index contributed by atoms with van der Waals surface area (Å²) in [5, 5.41) is 3.19. The molecule has 16 heavy (non-hydrogen) atoms. The molecule has 1 nitrogen and oxygen atoms in total. The SMILES string of the molecule is CNCCC(C)c1ccccccccc1. The average Bonchev–Trinajstić information content (AvgIpc) is 2.32. The minimum atomic E-state index is 0.588. The van der Waals surface area contributed by atoms with Crippen LogP contribution in [0.1, 0.15) is 24.8 Å². The molecule has 0 amide bonds. The Kier molecular flexibility index (Phi) is 6.28. The van der Waals surface area contributed by atoms with E-state index < -0.39 is 0 Å². The van der Waals surface area contributed by atoms with Crippen molar-refractivity contribution in [3.63, 3.8) is 0 Å². The van der Waals surface area contributed by atoms with E-state index in [1.165, 1.54) is 12.0 Å². The van der Waals surface area contributed by atoms with Crippen molar-refractivity contribution in [2.45, 2.75) is 19.3 Å². The molecule has 0 aliphatic carbocycles. The number of rotatable bonds is 4. The second-order valence-electron chi connectivity index (χ2n) is 3.97. The minimum absolute atomic E-state index is 0.588. The molecule has 1 unspecified atom stereocenters. The van der Waals surface area contributed by atoms with Gasteiger partial charge in [-0.2, -0.15) is 0 Å². The van der Waals surface area contributed by atoms with Crippen molar-refractivity contribution in [2.75, 3.05) is 13.6 Å². The van der Waals surface area contributed by atoms with Gasteiger partial charge in [-0.1, -0.05) is 61.5 Å². The maximum atomic E-state index is 3.19. The maximum Gasteiger partial charge on any atom is -0.00462 e. The van der Waals surface area contributed by atoms with Crippen LogP contribution in [0, 0.1) is 0 Å². The first-order valence-corrected chi connectivity index (χ1v) is 5.87. The fraction of sp³-hybridized carbons (Fsp3) is 0.333. The van der Waals surface area contributed by atoms with Crippen LogP contribution in [0.15, 0.2) is 54.6 Å². The Hall–Kier alpha value is -1.34. The molecule has 0 saturated heterocycles. The average molecular weight is 215 g/mol. The van der Waals surface area contributed by atoms with Gasteiger partial charge in [0.2, 0.25) is 0 Å². The summed E-state index contributed by atoms with van der Waals surface area (Å²) in [5.74, 6) is 0.588. The van der Waals surface area contributed by atoms with Crippen LogP contribution >= 0.6 is 0 Å². The molecule has 1 heteroatoms. The lowest BCUT2D eigenvalue weighted by atomic mass is 9.99. The van der Waals surface area contributed by atoms with Gasteiger partial charge >= 0.3 is 0 Å². The summed E-state index contributed by atoms with van der Waals surface area (Å²) in [6, 6.07) is 18.8. The molecule has 0 aromatic heterocycles. The van der Waals surface area contributed by atoms with Crippen molar-refractivity contribution in [2.24, 2.45) is 0 Å². The van der Waals surface area contributed by atoms with E-state index in [1.54, 1.807) is 0 Å². The normalized spacial score (nSPS) is 11.6. The van der Waals surface area contributed by atoms with Crippen molar-refractivity contribution >= 4 is 0 Å². The summed E-state index contributed by atoms with van der Waals surface area (Å²) >= 11 is 0. The first-order chi connectivity index (χ1) is 7.84. The van der Waals surface area contributed by atoms with Crippen LogP contribution in [0.5, 0.6) is 0 Å². The van der Waals surface area contributed by atoms with Crippen LogP contribution in [0.3, 0.4) is 0 Å². The van der Waals surface area contributed by atoms with E-state index in [2.05, 4.69) is 48.6 Å². The van der Waals surface area contributed by atoms with Crippen LogP contribution in [0.2, 0.25) is 0 Å².